The molecule has 0 saturated carbocycles. The summed E-state index contributed by atoms with van der Waals surface area (Å²) < 4.78 is 8.73. The smallest absolute Gasteiger partial charge is 0.161 e. The molecule has 11 aromatic rings. The molecule has 0 aliphatic heterocycles. The fourth-order valence-electron chi connectivity index (χ4n) is 8.44. The van der Waals surface area contributed by atoms with Gasteiger partial charge in [0.2, 0.25) is 0 Å². The van der Waals surface area contributed by atoms with E-state index in [1.807, 2.05) is 12.1 Å². The van der Waals surface area contributed by atoms with Gasteiger partial charge in [0, 0.05) is 33.5 Å². The molecular formula is C54H36N2O. The van der Waals surface area contributed by atoms with Crippen molar-refractivity contribution in [1.29, 1.82) is 0 Å². The monoisotopic (exact) mass is 728 g/mol. The molecule has 0 N–H and O–H groups in total. The van der Waals surface area contributed by atoms with Crippen LogP contribution in [0.5, 0.6) is 0 Å². The van der Waals surface area contributed by atoms with E-state index in [1.165, 1.54) is 33.0 Å². The lowest BCUT2D eigenvalue weighted by Gasteiger charge is -2.26. The summed E-state index contributed by atoms with van der Waals surface area (Å²) in [6.45, 7) is 0. The van der Waals surface area contributed by atoms with Gasteiger partial charge in [0.05, 0.1) is 5.52 Å². The first kappa shape index (κ1) is 32.8. The fourth-order valence-corrected chi connectivity index (χ4v) is 8.44. The Hall–Kier alpha value is -7.62. The van der Waals surface area contributed by atoms with E-state index >= 15 is 0 Å². The number of benzene rings is 9. The lowest BCUT2D eigenvalue weighted by Crippen LogP contribution is -2.09. The van der Waals surface area contributed by atoms with Crippen molar-refractivity contribution in [3.05, 3.63) is 218 Å². The van der Waals surface area contributed by atoms with Gasteiger partial charge in [-0.25, -0.2) is 0 Å². The SMILES string of the molecule is c1ccc(-c2ccc(N(c3ccc(-c4ccc(-n5c6ccccc6c6oc7ccccc7c65)cc4)cc3)c3ccc(-c4cccc5ccccc45)cc3)cc2)cc1. The quantitative estimate of drug-likeness (QED) is 0.163. The van der Waals surface area contributed by atoms with Crippen LogP contribution >= 0.6 is 0 Å². The van der Waals surface area contributed by atoms with Crippen molar-refractivity contribution in [3.8, 4) is 39.1 Å². The summed E-state index contributed by atoms with van der Waals surface area (Å²) in [6, 6.07) is 78.1. The molecule has 0 bridgehead atoms. The maximum atomic E-state index is 6.40. The normalized spacial score (nSPS) is 11.5. The van der Waals surface area contributed by atoms with Crippen molar-refractivity contribution in [2.24, 2.45) is 0 Å². The summed E-state index contributed by atoms with van der Waals surface area (Å²) in [7, 11) is 0. The summed E-state index contributed by atoms with van der Waals surface area (Å²) >= 11 is 0. The summed E-state index contributed by atoms with van der Waals surface area (Å²) in [4.78, 5) is 2.34. The molecule has 0 atom stereocenters. The van der Waals surface area contributed by atoms with Crippen molar-refractivity contribution in [2.75, 3.05) is 4.90 Å². The van der Waals surface area contributed by atoms with Crippen molar-refractivity contribution < 1.29 is 4.42 Å². The zero-order chi connectivity index (χ0) is 37.7. The van der Waals surface area contributed by atoms with Crippen molar-refractivity contribution in [2.45, 2.75) is 0 Å². The Balaban J connectivity index is 0.951. The van der Waals surface area contributed by atoms with Gasteiger partial charge in [-0.3, -0.25) is 0 Å². The molecule has 0 amide bonds. The van der Waals surface area contributed by atoms with Crippen LogP contribution in [0.15, 0.2) is 223 Å². The number of furan rings is 1. The molecule has 9 aromatic carbocycles. The third kappa shape index (κ3) is 5.68. The Morgan fingerprint density at radius 2 is 0.842 bits per heavy atom. The second-order valence-corrected chi connectivity index (χ2v) is 14.5. The van der Waals surface area contributed by atoms with Gasteiger partial charge in [-0.2, -0.15) is 0 Å². The maximum Gasteiger partial charge on any atom is 0.161 e. The molecule has 11 rings (SSSR count). The summed E-state index contributed by atoms with van der Waals surface area (Å²) in [5.74, 6) is 0. The van der Waals surface area contributed by atoms with Gasteiger partial charge in [0.1, 0.15) is 11.1 Å². The van der Waals surface area contributed by atoms with E-state index in [0.29, 0.717) is 0 Å². The number of nitrogens with zero attached hydrogens (tertiary/aromatic N) is 2. The highest BCUT2D eigenvalue weighted by molar-refractivity contribution is 6.16. The predicted octanol–water partition coefficient (Wildman–Crippen LogP) is 15.2. The molecule has 0 fully saturated rings. The summed E-state index contributed by atoms with van der Waals surface area (Å²) in [6.07, 6.45) is 0. The Labute approximate surface area is 330 Å². The summed E-state index contributed by atoms with van der Waals surface area (Å²) in [5, 5.41) is 4.74. The standard InChI is InChI=1S/C54H36N2O/c1-2-11-37(12-3-1)38-21-29-43(30-22-38)55(45-35-27-42(28-36-45)48-18-10-14-41-13-4-5-15-47(41)48)44-31-23-39(24-32-44)40-25-33-46(34-26-40)56-51-19-8-6-16-49(51)54-53(56)50-17-7-9-20-52(50)57-54/h1-36H. The van der Waals surface area contributed by atoms with Crippen LogP contribution < -0.4 is 4.90 Å². The zero-order valence-electron chi connectivity index (χ0n) is 31.1. The molecular weight excluding hydrogens is 693 g/mol. The van der Waals surface area contributed by atoms with Crippen LogP contribution in [0.25, 0.3) is 82.8 Å². The first-order valence-electron chi connectivity index (χ1n) is 19.4. The van der Waals surface area contributed by atoms with Crippen LogP contribution in [0.3, 0.4) is 0 Å². The molecule has 2 aromatic heterocycles. The first-order valence-corrected chi connectivity index (χ1v) is 19.4. The zero-order valence-corrected chi connectivity index (χ0v) is 31.1. The van der Waals surface area contributed by atoms with Crippen LogP contribution in [0, 0.1) is 0 Å². The second kappa shape index (κ2) is 13.6. The fraction of sp³-hybridized carbons (Fsp3) is 0. The second-order valence-electron chi connectivity index (χ2n) is 14.5. The third-order valence-electron chi connectivity index (χ3n) is 11.2. The topological polar surface area (TPSA) is 21.3 Å². The molecule has 0 radical (unpaired) electrons. The molecule has 268 valence electrons. The minimum atomic E-state index is 0.903. The van der Waals surface area contributed by atoms with Crippen molar-refractivity contribution in [1.82, 2.24) is 4.57 Å². The molecule has 2 heterocycles. The number of fused-ring (bicyclic) bond motifs is 6. The van der Waals surface area contributed by atoms with E-state index < -0.39 is 0 Å². The average Bonchev–Trinajstić information content (AvgIpc) is 3.82. The van der Waals surface area contributed by atoms with E-state index in [9.17, 15) is 0 Å². The average molecular weight is 729 g/mol. The van der Waals surface area contributed by atoms with E-state index in [4.69, 9.17) is 4.42 Å². The Morgan fingerprint density at radius 1 is 0.351 bits per heavy atom. The van der Waals surface area contributed by atoms with E-state index in [1.54, 1.807) is 0 Å². The van der Waals surface area contributed by atoms with Crippen molar-refractivity contribution >= 4 is 60.8 Å². The number of hydrogen-bond donors (Lipinski definition) is 0. The van der Waals surface area contributed by atoms with Crippen LogP contribution in [0.2, 0.25) is 0 Å². The van der Waals surface area contributed by atoms with Gasteiger partial charge in [0.25, 0.3) is 0 Å². The number of para-hydroxylation sites is 2. The molecule has 57 heavy (non-hydrogen) atoms. The number of rotatable bonds is 7. The Morgan fingerprint density at radius 3 is 1.51 bits per heavy atom. The highest BCUT2D eigenvalue weighted by Crippen LogP contribution is 2.41. The lowest BCUT2D eigenvalue weighted by atomic mass is 9.98. The van der Waals surface area contributed by atoms with Gasteiger partial charge >= 0.3 is 0 Å². The first-order chi connectivity index (χ1) is 28.3. The molecule has 0 aliphatic rings. The number of hydrogen-bond acceptors (Lipinski definition) is 2. The predicted molar refractivity (Wildman–Crippen MR) is 239 cm³/mol. The van der Waals surface area contributed by atoms with E-state index in [0.717, 1.165) is 66.8 Å². The van der Waals surface area contributed by atoms with Crippen LogP contribution in [0.1, 0.15) is 0 Å². The van der Waals surface area contributed by atoms with Crippen LogP contribution in [0.4, 0.5) is 17.1 Å². The Kier molecular flexibility index (Phi) is 7.82. The van der Waals surface area contributed by atoms with Crippen molar-refractivity contribution in [3.63, 3.8) is 0 Å². The molecule has 0 spiro atoms. The van der Waals surface area contributed by atoms with E-state index in [-0.39, 0.29) is 0 Å². The molecule has 3 heteroatoms. The van der Waals surface area contributed by atoms with Crippen LogP contribution in [-0.2, 0) is 0 Å². The van der Waals surface area contributed by atoms with Gasteiger partial charge in [-0.1, -0.05) is 146 Å². The summed E-state index contributed by atoms with van der Waals surface area (Å²) in [5.41, 5.74) is 15.6. The molecule has 0 aliphatic carbocycles. The van der Waals surface area contributed by atoms with Gasteiger partial charge < -0.3 is 13.9 Å². The Bertz CT molecular complexity index is 3180. The number of aromatic nitrogens is 1. The maximum absolute atomic E-state index is 6.40. The molecule has 0 saturated heterocycles. The minimum Gasteiger partial charge on any atom is -0.454 e. The highest BCUT2D eigenvalue weighted by atomic mass is 16.3. The molecule has 0 unspecified atom stereocenters. The van der Waals surface area contributed by atoms with Gasteiger partial charge in [0.15, 0.2) is 5.58 Å². The van der Waals surface area contributed by atoms with Crippen LogP contribution in [-0.4, -0.2) is 4.57 Å². The number of anilines is 3. The third-order valence-corrected chi connectivity index (χ3v) is 11.2. The highest BCUT2D eigenvalue weighted by Gasteiger charge is 2.19. The molecule has 3 nitrogen and oxygen atoms in total. The largest absolute Gasteiger partial charge is 0.454 e. The van der Waals surface area contributed by atoms with Gasteiger partial charge in [-0.05, 0) is 117 Å². The minimum absolute atomic E-state index is 0.903. The van der Waals surface area contributed by atoms with E-state index in [2.05, 4.69) is 216 Å². The van der Waals surface area contributed by atoms with Gasteiger partial charge in [-0.15, -0.1) is 0 Å². The lowest BCUT2D eigenvalue weighted by molar-refractivity contribution is 0.673.